The van der Waals surface area contributed by atoms with Crippen molar-refractivity contribution in [2.24, 2.45) is 5.10 Å². The molecule has 0 aliphatic carbocycles. The van der Waals surface area contributed by atoms with Crippen LogP contribution in [0.15, 0.2) is 71.8 Å². The normalized spacial score (nSPS) is 10.6. The standard InChI is InChI=1S/C24H22ClN3O4/c1-16-7-9-17(10-8-16)24(30)28-26-14-18-13-19(25)11-12-21(18)32-15-23(29)27-20-5-3-4-6-22(20)31-2/h3-14H,15H2,1-2H3,(H,27,29)(H,28,30). The van der Waals surface area contributed by atoms with Crippen molar-refractivity contribution in [2.75, 3.05) is 19.0 Å². The lowest BCUT2D eigenvalue weighted by molar-refractivity contribution is -0.118. The number of methoxy groups -OCH3 is 1. The molecule has 0 fully saturated rings. The molecule has 3 rings (SSSR count). The van der Waals surface area contributed by atoms with Gasteiger partial charge in [-0.1, -0.05) is 41.4 Å². The third-order valence-electron chi connectivity index (χ3n) is 4.40. The van der Waals surface area contributed by atoms with Gasteiger partial charge in [0, 0.05) is 16.1 Å². The number of para-hydroxylation sites is 2. The zero-order valence-corrected chi connectivity index (χ0v) is 18.3. The lowest BCUT2D eigenvalue weighted by Gasteiger charge is -2.12. The van der Waals surface area contributed by atoms with Gasteiger partial charge in [-0.15, -0.1) is 0 Å². The highest BCUT2D eigenvalue weighted by Gasteiger charge is 2.10. The number of anilines is 1. The van der Waals surface area contributed by atoms with E-state index in [1.54, 1.807) is 48.5 Å². The number of amides is 2. The Hall–Kier alpha value is -3.84. The summed E-state index contributed by atoms with van der Waals surface area (Å²) in [5.41, 5.74) is 5.06. The average Bonchev–Trinajstić information content (AvgIpc) is 2.79. The molecule has 0 radical (unpaired) electrons. The summed E-state index contributed by atoms with van der Waals surface area (Å²) in [5, 5.41) is 7.18. The molecular formula is C24H22ClN3O4. The molecule has 0 saturated heterocycles. The molecule has 3 aromatic rings. The molecule has 164 valence electrons. The van der Waals surface area contributed by atoms with Crippen LogP contribution in [0.3, 0.4) is 0 Å². The summed E-state index contributed by atoms with van der Waals surface area (Å²) in [6.07, 6.45) is 1.41. The van der Waals surface area contributed by atoms with Crippen LogP contribution in [0.2, 0.25) is 5.02 Å². The van der Waals surface area contributed by atoms with E-state index in [9.17, 15) is 9.59 Å². The van der Waals surface area contributed by atoms with E-state index in [0.29, 0.717) is 33.3 Å². The molecular weight excluding hydrogens is 430 g/mol. The summed E-state index contributed by atoms with van der Waals surface area (Å²) in [5.74, 6) is 0.226. The van der Waals surface area contributed by atoms with E-state index >= 15 is 0 Å². The van der Waals surface area contributed by atoms with E-state index in [1.807, 2.05) is 25.1 Å². The van der Waals surface area contributed by atoms with Gasteiger partial charge in [-0.05, 0) is 49.4 Å². The number of nitrogens with one attached hydrogen (secondary N) is 2. The number of halogens is 1. The Labute approximate surface area is 191 Å². The van der Waals surface area contributed by atoms with Crippen molar-refractivity contribution < 1.29 is 19.1 Å². The number of carbonyl (C=O) groups is 2. The van der Waals surface area contributed by atoms with Crippen LogP contribution in [0, 0.1) is 6.92 Å². The van der Waals surface area contributed by atoms with Gasteiger partial charge in [0.05, 0.1) is 19.0 Å². The molecule has 0 aliphatic heterocycles. The highest BCUT2D eigenvalue weighted by molar-refractivity contribution is 6.30. The molecule has 32 heavy (non-hydrogen) atoms. The maximum atomic E-state index is 12.3. The Morgan fingerprint density at radius 2 is 1.78 bits per heavy atom. The molecule has 0 aromatic heterocycles. The molecule has 0 unspecified atom stereocenters. The number of nitrogens with zero attached hydrogens (tertiary/aromatic N) is 1. The Morgan fingerprint density at radius 3 is 2.53 bits per heavy atom. The summed E-state index contributed by atoms with van der Waals surface area (Å²) in [6, 6.07) is 19.1. The first kappa shape index (κ1) is 22.8. The number of carbonyl (C=O) groups excluding carboxylic acids is 2. The van der Waals surface area contributed by atoms with E-state index in [-0.39, 0.29) is 18.4 Å². The predicted octanol–water partition coefficient (Wildman–Crippen LogP) is 4.44. The second kappa shape index (κ2) is 11.0. The average molecular weight is 452 g/mol. The maximum Gasteiger partial charge on any atom is 0.271 e. The third-order valence-corrected chi connectivity index (χ3v) is 4.63. The van der Waals surface area contributed by atoms with Gasteiger partial charge in [0.1, 0.15) is 11.5 Å². The SMILES string of the molecule is COc1ccccc1NC(=O)COc1ccc(Cl)cc1C=NNC(=O)c1ccc(C)cc1. The van der Waals surface area contributed by atoms with Gasteiger partial charge in [-0.25, -0.2) is 5.43 Å². The van der Waals surface area contributed by atoms with Crippen LogP contribution in [-0.2, 0) is 4.79 Å². The van der Waals surface area contributed by atoms with E-state index in [1.165, 1.54) is 13.3 Å². The topological polar surface area (TPSA) is 89.0 Å². The van der Waals surface area contributed by atoms with Gasteiger partial charge >= 0.3 is 0 Å². The minimum Gasteiger partial charge on any atom is -0.495 e. The fourth-order valence-electron chi connectivity index (χ4n) is 2.76. The number of benzene rings is 3. The number of hydrazone groups is 1. The van der Waals surface area contributed by atoms with Crippen LogP contribution < -0.4 is 20.2 Å². The van der Waals surface area contributed by atoms with Crippen LogP contribution in [0.25, 0.3) is 0 Å². The number of hydrogen-bond acceptors (Lipinski definition) is 5. The summed E-state index contributed by atoms with van der Waals surface area (Å²) in [4.78, 5) is 24.5. The molecule has 2 amide bonds. The Bertz CT molecular complexity index is 1130. The molecule has 2 N–H and O–H groups in total. The summed E-state index contributed by atoms with van der Waals surface area (Å²) in [7, 11) is 1.53. The van der Waals surface area contributed by atoms with Gasteiger partial charge in [-0.2, -0.15) is 5.10 Å². The second-order valence-electron chi connectivity index (χ2n) is 6.78. The van der Waals surface area contributed by atoms with Gasteiger partial charge in [0.2, 0.25) is 0 Å². The number of aryl methyl sites for hydroxylation is 1. The Morgan fingerprint density at radius 1 is 1.03 bits per heavy atom. The van der Waals surface area contributed by atoms with Crippen molar-refractivity contribution >= 4 is 35.3 Å². The smallest absolute Gasteiger partial charge is 0.271 e. The lowest BCUT2D eigenvalue weighted by Crippen LogP contribution is -2.21. The monoisotopic (exact) mass is 451 g/mol. The van der Waals surface area contributed by atoms with Crippen LogP contribution in [0.4, 0.5) is 5.69 Å². The van der Waals surface area contributed by atoms with Crippen LogP contribution in [0.1, 0.15) is 21.5 Å². The van der Waals surface area contributed by atoms with Crippen LogP contribution >= 0.6 is 11.6 Å². The zero-order valence-electron chi connectivity index (χ0n) is 17.6. The summed E-state index contributed by atoms with van der Waals surface area (Å²) < 4.78 is 10.9. The van der Waals surface area contributed by atoms with E-state index in [0.717, 1.165) is 5.56 Å². The molecule has 8 heteroatoms. The predicted molar refractivity (Wildman–Crippen MR) is 125 cm³/mol. The fraction of sp³-hybridized carbons (Fsp3) is 0.125. The first-order valence-electron chi connectivity index (χ1n) is 9.71. The van der Waals surface area contributed by atoms with Crippen molar-refractivity contribution in [3.63, 3.8) is 0 Å². The Kier molecular flexibility index (Phi) is 7.83. The first-order valence-corrected chi connectivity index (χ1v) is 10.1. The molecule has 0 heterocycles. The summed E-state index contributed by atoms with van der Waals surface area (Å²) >= 11 is 6.07. The minimum atomic E-state index is -0.361. The summed E-state index contributed by atoms with van der Waals surface area (Å²) in [6.45, 7) is 1.70. The molecule has 0 atom stereocenters. The number of ether oxygens (including phenoxy) is 2. The third kappa shape index (κ3) is 6.33. The number of hydrogen-bond donors (Lipinski definition) is 2. The van der Waals surface area contributed by atoms with Gasteiger partial charge < -0.3 is 14.8 Å². The molecule has 0 saturated carbocycles. The zero-order chi connectivity index (χ0) is 22.9. The highest BCUT2D eigenvalue weighted by Crippen LogP contribution is 2.24. The van der Waals surface area contributed by atoms with Crippen LogP contribution in [-0.4, -0.2) is 31.7 Å². The van der Waals surface area contributed by atoms with E-state index < -0.39 is 0 Å². The maximum absolute atomic E-state index is 12.3. The first-order chi connectivity index (χ1) is 15.5. The Balaban J connectivity index is 1.63. The lowest BCUT2D eigenvalue weighted by atomic mass is 10.1. The highest BCUT2D eigenvalue weighted by atomic mass is 35.5. The van der Waals surface area contributed by atoms with Crippen molar-refractivity contribution in [1.82, 2.24) is 5.43 Å². The largest absolute Gasteiger partial charge is 0.495 e. The fourth-order valence-corrected chi connectivity index (χ4v) is 2.94. The van der Waals surface area contributed by atoms with Gasteiger partial charge in [-0.3, -0.25) is 9.59 Å². The quantitative estimate of drug-likeness (QED) is 0.391. The number of rotatable bonds is 8. The molecule has 0 bridgehead atoms. The van der Waals surface area contributed by atoms with Gasteiger partial charge in [0.25, 0.3) is 11.8 Å². The molecule has 0 aliphatic rings. The van der Waals surface area contributed by atoms with Gasteiger partial charge in [0.15, 0.2) is 6.61 Å². The van der Waals surface area contributed by atoms with Crippen molar-refractivity contribution in [1.29, 1.82) is 0 Å². The minimum absolute atomic E-state index is 0.240. The van der Waals surface area contributed by atoms with Crippen LogP contribution in [0.5, 0.6) is 11.5 Å². The second-order valence-corrected chi connectivity index (χ2v) is 7.22. The van der Waals surface area contributed by atoms with E-state index in [4.69, 9.17) is 21.1 Å². The van der Waals surface area contributed by atoms with Crippen molar-refractivity contribution in [3.05, 3.63) is 88.4 Å². The van der Waals surface area contributed by atoms with E-state index in [2.05, 4.69) is 15.8 Å². The van der Waals surface area contributed by atoms with Crippen molar-refractivity contribution in [2.45, 2.75) is 6.92 Å². The molecule has 7 nitrogen and oxygen atoms in total. The molecule has 3 aromatic carbocycles. The molecule has 0 spiro atoms. The van der Waals surface area contributed by atoms with Crippen molar-refractivity contribution in [3.8, 4) is 11.5 Å².